The fraction of sp³-hybridized carbons (Fsp3) is 0.143. The average molecular weight is 365 g/mol. The molecule has 0 aliphatic carbocycles. The van der Waals surface area contributed by atoms with Crippen molar-refractivity contribution in [1.29, 1.82) is 0 Å². The van der Waals surface area contributed by atoms with Gasteiger partial charge in [0.15, 0.2) is 5.65 Å². The highest BCUT2D eigenvalue weighted by Crippen LogP contribution is 2.32. The van der Waals surface area contributed by atoms with Crippen molar-refractivity contribution in [2.24, 2.45) is 0 Å². The number of aromatic nitrogens is 3. The third kappa shape index (κ3) is 3.03. The summed E-state index contributed by atoms with van der Waals surface area (Å²) in [5.74, 6) is 0.754. The molecule has 0 amide bonds. The summed E-state index contributed by atoms with van der Waals surface area (Å²) >= 11 is 0. The van der Waals surface area contributed by atoms with Crippen LogP contribution in [-0.4, -0.2) is 21.7 Å². The molecule has 136 valence electrons. The van der Waals surface area contributed by atoms with E-state index in [-0.39, 0.29) is 5.56 Å². The first-order valence-corrected chi connectivity index (χ1v) is 8.45. The number of nitrogens with zero attached hydrogens (tertiary/aromatic N) is 3. The van der Waals surface area contributed by atoms with Crippen molar-refractivity contribution in [3.63, 3.8) is 0 Å². The summed E-state index contributed by atoms with van der Waals surface area (Å²) in [6.07, 6.45) is -0.760. The van der Waals surface area contributed by atoms with E-state index in [1.807, 2.05) is 37.3 Å². The molecule has 0 radical (unpaired) electrons. The van der Waals surface area contributed by atoms with E-state index in [0.717, 1.165) is 33.8 Å². The third-order valence-electron chi connectivity index (χ3n) is 4.51. The first-order valence-electron chi connectivity index (χ1n) is 8.45. The Morgan fingerprint density at radius 3 is 2.48 bits per heavy atom. The van der Waals surface area contributed by atoms with Gasteiger partial charge in [0, 0.05) is 22.9 Å². The molecule has 0 saturated heterocycles. The lowest BCUT2D eigenvalue weighted by molar-refractivity contribution is 0.151. The Morgan fingerprint density at radius 2 is 1.78 bits per heavy atom. The standard InChI is InChI=1S/C21H17F2N3O/c1-13-19(14-6-8-15(9-7-14)20(22)23)21-24-11-10-18(26(21)25-13)16-4-3-5-17(12-16)27-2/h3-12,20H,1-2H3. The zero-order valence-electron chi connectivity index (χ0n) is 14.9. The van der Waals surface area contributed by atoms with Gasteiger partial charge in [-0.05, 0) is 30.7 Å². The number of halogens is 2. The third-order valence-corrected chi connectivity index (χ3v) is 4.51. The van der Waals surface area contributed by atoms with Crippen LogP contribution >= 0.6 is 0 Å². The number of benzene rings is 2. The van der Waals surface area contributed by atoms with Gasteiger partial charge in [-0.15, -0.1) is 0 Å². The molecular formula is C21H17F2N3O. The molecule has 2 aromatic heterocycles. The van der Waals surface area contributed by atoms with Gasteiger partial charge < -0.3 is 4.74 Å². The van der Waals surface area contributed by atoms with Crippen LogP contribution in [0.3, 0.4) is 0 Å². The molecule has 2 heterocycles. The van der Waals surface area contributed by atoms with Crippen LogP contribution < -0.4 is 4.74 Å². The summed E-state index contributed by atoms with van der Waals surface area (Å²) in [6.45, 7) is 1.89. The second-order valence-corrected chi connectivity index (χ2v) is 6.18. The Labute approximate surface area is 155 Å². The second-order valence-electron chi connectivity index (χ2n) is 6.18. The maximum Gasteiger partial charge on any atom is 0.263 e. The normalized spacial score (nSPS) is 11.3. The first kappa shape index (κ1) is 17.1. The molecule has 0 fully saturated rings. The van der Waals surface area contributed by atoms with Gasteiger partial charge >= 0.3 is 0 Å². The van der Waals surface area contributed by atoms with E-state index >= 15 is 0 Å². The van der Waals surface area contributed by atoms with E-state index < -0.39 is 6.43 Å². The van der Waals surface area contributed by atoms with Gasteiger partial charge in [0.25, 0.3) is 6.43 Å². The Bertz CT molecular complexity index is 1100. The van der Waals surface area contributed by atoms with Crippen molar-refractivity contribution in [2.45, 2.75) is 13.3 Å². The molecule has 0 N–H and O–H groups in total. The lowest BCUT2D eigenvalue weighted by atomic mass is 10.0. The maximum absolute atomic E-state index is 12.8. The predicted octanol–water partition coefficient (Wildman–Crippen LogP) is 5.32. The van der Waals surface area contributed by atoms with E-state index in [0.29, 0.717) is 5.65 Å². The predicted molar refractivity (Wildman–Crippen MR) is 100 cm³/mol. The number of aryl methyl sites for hydroxylation is 1. The molecule has 0 aliphatic heterocycles. The zero-order chi connectivity index (χ0) is 19.0. The summed E-state index contributed by atoms with van der Waals surface area (Å²) in [6, 6.07) is 15.8. The van der Waals surface area contributed by atoms with Crippen LogP contribution in [-0.2, 0) is 0 Å². The topological polar surface area (TPSA) is 39.4 Å². The Balaban J connectivity index is 1.88. The van der Waals surface area contributed by atoms with Crippen LogP contribution in [0.5, 0.6) is 5.75 Å². The largest absolute Gasteiger partial charge is 0.497 e. The van der Waals surface area contributed by atoms with Crippen molar-refractivity contribution < 1.29 is 13.5 Å². The lowest BCUT2D eigenvalue weighted by Gasteiger charge is -2.07. The molecule has 0 spiro atoms. The van der Waals surface area contributed by atoms with E-state index in [1.165, 1.54) is 12.1 Å². The molecular weight excluding hydrogens is 348 g/mol. The quantitative estimate of drug-likeness (QED) is 0.491. The number of fused-ring (bicyclic) bond motifs is 1. The highest BCUT2D eigenvalue weighted by Gasteiger charge is 2.16. The highest BCUT2D eigenvalue weighted by molar-refractivity contribution is 5.81. The minimum Gasteiger partial charge on any atom is -0.497 e. The zero-order valence-corrected chi connectivity index (χ0v) is 14.9. The Kier molecular flexibility index (Phi) is 4.32. The molecule has 6 heteroatoms. The van der Waals surface area contributed by atoms with Crippen LogP contribution in [0.25, 0.3) is 28.0 Å². The van der Waals surface area contributed by atoms with Gasteiger partial charge in [-0.2, -0.15) is 5.10 Å². The smallest absolute Gasteiger partial charge is 0.263 e. The average Bonchev–Trinajstić information content (AvgIpc) is 3.03. The minimum atomic E-state index is -2.48. The molecule has 0 atom stereocenters. The number of hydrogen-bond donors (Lipinski definition) is 0. The molecule has 0 saturated carbocycles. The molecule has 4 aromatic rings. The van der Waals surface area contributed by atoms with Gasteiger partial charge in [-0.3, -0.25) is 0 Å². The monoisotopic (exact) mass is 365 g/mol. The van der Waals surface area contributed by atoms with E-state index in [1.54, 1.807) is 30.0 Å². The van der Waals surface area contributed by atoms with E-state index in [9.17, 15) is 8.78 Å². The Hall–Kier alpha value is -3.28. The SMILES string of the molecule is COc1cccc(-c2ccnc3c(-c4ccc(C(F)F)cc4)c(C)nn23)c1. The van der Waals surface area contributed by atoms with Crippen molar-refractivity contribution in [1.82, 2.24) is 14.6 Å². The summed E-state index contributed by atoms with van der Waals surface area (Å²) in [5, 5.41) is 4.64. The van der Waals surface area contributed by atoms with Gasteiger partial charge in [-0.1, -0.05) is 36.4 Å². The van der Waals surface area contributed by atoms with Crippen molar-refractivity contribution in [3.05, 3.63) is 72.1 Å². The van der Waals surface area contributed by atoms with Crippen LogP contribution in [0.1, 0.15) is 17.7 Å². The summed E-state index contributed by atoms with van der Waals surface area (Å²) in [5.41, 5.74) is 4.92. The second kappa shape index (κ2) is 6.79. The molecule has 27 heavy (non-hydrogen) atoms. The van der Waals surface area contributed by atoms with Crippen molar-refractivity contribution >= 4 is 5.65 Å². The van der Waals surface area contributed by atoms with Gasteiger partial charge in [0.05, 0.1) is 18.5 Å². The molecule has 4 nitrogen and oxygen atoms in total. The van der Waals surface area contributed by atoms with Gasteiger partial charge in [0.1, 0.15) is 5.75 Å². The van der Waals surface area contributed by atoms with Gasteiger partial charge in [-0.25, -0.2) is 18.3 Å². The van der Waals surface area contributed by atoms with Crippen molar-refractivity contribution in [2.75, 3.05) is 7.11 Å². The Morgan fingerprint density at radius 1 is 1.00 bits per heavy atom. The fourth-order valence-corrected chi connectivity index (χ4v) is 3.19. The number of hydrogen-bond acceptors (Lipinski definition) is 3. The minimum absolute atomic E-state index is 0.00194. The first-order chi connectivity index (χ1) is 13.1. The highest BCUT2D eigenvalue weighted by atomic mass is 19.3. The molecule has 4 rings (SSSR count). The number of ether oxygens (including phenoxy) is 1. The van der Waals surface area contributed by atoms with E-state index in [4.69, 9.17) is 4.74 Å². The lowest BCUT2D eigenvalue weighted by Crippen LogP contribution is -1.96. The van der Waals surface area contributed by atoms with E-state index in [2.05, 4.69) is 10.1 Å². The van der Waals surface area contributed by atoms with Crippen LogP contribution in [0, 0.1) is 6.92 Å². The number of methoxy groups -OCH3 is 1. The molecule has 0 aliphatic rings. The maximum atomic E-state index is 12.8. The van der Waals surface area contributed by atoms with Gasteiger partial charge in [0.2, 0.25) is 0 Å². The molecule has 0 unspecified atom stereocenters. The van der Waals surface area contributed by atoms with Crippen LogP contribution in [0.15, 0.2) is 60.8 Å². The fourth-order valence-electron chi connectivity index (χ4n) is 3.19. The van der Waals surface area contributed by atoms with Crippen LogP contribution in [0.4, 0.5) is 8.78 Å². The summed E-state index contributed by atoms with van der Waals surface area (Å²) < 4.78 is 32.8. The van der Waals surface area contributed by atoms with Crippen molar-refractivity contribution in [3.8, 4) is 28.1 Å². The number of alkyl halides is 2. The molecule has 2 aromatic carbocycles. The summed E-state index contributed by atoms with van der Waals surface area (Å²) in [7, 11) is 1.63. The molecule has 0 bridgehead atoms. The summed E-state index contributed by atoms with van der Waals surface area (Å²) in [4.78, 5) is 4.49. The van der Waals surface area contributed by atoms with Crippen LogP contribution in [0.2, 0.25) is 0 Å². The number of rotatable bonds is 4.